The molecule has 23 heavy (non-hydrogen) atoms. The topological polar surface area (TPSA) is 85.0 Å². The molecule has 0 aromatic carbocycles. The number of rotatable bonds is 3. The van der Waals surface area contributed by atoms with Crippen LogP contribution in [0.25, 0.3) is 11.5 Å². The predicted octanol–water partition coefficient (Wildman–Crippen LogP) is 1.95. The van der Waals surface area contributed by atoms with Crippen molar-refractivity contribution >= 4 is 5.91 Å². The Hall–Kier alpha value is -2.31. The van der Waals surface area contributed by atoms with Crippen molar-refractivity contribution in [1.82, 2.24) is 25.1 Å². The molecule has 0 unspecified atom stereocenters. The van der Waals surface area contributed by atoms with Gasteiger partial charge in [-0.2, -0.15) is 0 Å². The van der Waals surface area contributed by atoms with Crippen LogP contribution in [0, 0.1) is 12.8 Å². The van der Waals surface area contributed by atoms with E-state index in [1.165, 1.54) is 0 Å². The molecule has 4 rings (SSSR count). The molecule has 7 nitrogen and oxygen atoms in total. The molecule has 7 heteroatoms. The second-order valence-corrected chi connectivity index (χ2v) is 6.36. The number of carbonyl (C=O) groups excluding carboxylic acids is 1. The van der Waals surface area contributed by atoms with Gasteiger partial charge in [0.25, 0.3) is 5.89 Å². The molecule has 0 radical (unpaired) electrons. The number of amides is 1. The summed E-state index contributed by atoms with van der Waals surface area (Å²) in [6.45, 7) is 3.36. The molecule has 0 N–H and O–H groups in total. The highest BCUT2D eigenvalue weighted by Gasteiger charge is 2.36. The lowest BCUT2D eigenvalue weighted by molar-refractivity contribution is -0.133. The molecule has 1 saturated carbocycles. The minimum Gasteiger partial charge on any atom is -0.420 e. The smallest absolute Gasteiger partial charge is 0.250 e. The lowest BCUT2D eigenvalue weighted by Gasteiger charge is -2.31. The fourth-order valence-corrected chi connectivity index (χ4v) is 2.99. The third-order valence-corrected chi connectivity index (χ3v) is 4.48. The van der Waals surface area contributed by atoms with Crippen molar-refractivity contribution in [3.63, 3.8) is 0 Å². The zero-order chi connectivity index (χ0) is 15.8. The molecule has 1 amide bonds. The first-order valence-electron chi connectivity index (χ1n) is 8.12. The van der Waals surface area contributed by atoms with Gasteiger partial charge in [-0.15, -0.1) is 10.2 Å². The van der Waals surface area contributed by atoms with Crippen molar-refractivity contribution in [1.29, 1.82) is 0 Å². The number of hydrogen-bond acceptors (Lipinski definition) is 6. The van der Waals surface area contributed by atoms with Crippen molar-refractivity contribution in [2.24, 2.45) is 5.92 Å². The number of carbonyl (C=O) groups is 1. The molecular formula is C16H19N5O2. The van der Waals surface area contributed by atoms with Gasteiger partial charge in [0.2, 0.25) is 11.8 Å². The third-order valence-electron chi connectivity index (χ3n) is 4.48. The summed E-state index contributed by atoms with van der Waals surface area (Å²) in [4.78, 5) is 22.5. The minimum atomic E-state index is 0.124. The minimum absolute atomic E-state index is 0.124. The molecule has 2 aliphatic rings. The van der Waals surface area contributed by atoms with Crippen molar-refractivity contribution in [2.75, 3.05) is 13.1 Å². The van der Waals surface area contributed by atoms with Crippen LogP contribution >= 0.6 is 0 Å². The van der Waals surface area contributed by atoms with Gasteiger partial charge in [-0.1, -0.05) is 0 Å². The first kappa shape index (κ1) is 14.3. The van der Waals surface area contributed by atoms with E-state index in [1.54, 1.807) is 12.4 Å². The van der Waals surface area contributed by atoms with E-state index in [1.807, 2.05) is 11.8 Å². The SMILES string of the molecule is Cc1ncc(-c2nnc([C@H]3CCCN(C(=O)C4CC4)C3)o2)cn1. The molecule has 3 heterocycles. The van der Waals surface area contributed by atoms with Crippen LogP contribution in [0.1, 0.15) is 43.3 Å². The van der Waals surface area contributed by atoms with E-state index < -0.39 is 0 Å². The Kier molecular flexibility index (Phi) is 3.55. The zero-order valence-corrected chi connectivity index (χ0v) is 13.1. The Bertz CT molecular complexity index is 708. The molecule has 1 aliphatic carbocycles. The van der Waals surface area contributed by atoms with E-state index in [0.29, 0.717) is 30.1 Å². The monoisotopic (exact) mass is 313 g/mol. The van der Waals surface area contributed by atoms with Crippen LogP contribution in [-0.2, 0) is 4.79 Å². The van der Waals surface area contributed by atoms with Crippen LogP contribution in [0.5, 0.6) is 0 Å². The third kappa shape index (κ3) is 2.95. The van der Waals surface area contributed by atoms with Gasteiger partial charge < -0.3 is 9.32 Å². The predicted molar refractivity (Wildman–Crippen MR) is 81.3 cm³/mol. The fraction of sp³-hybridized carbons (Fsp3) is 0.562. The van der Waals surface area contributed by atoms with E-state index in [0.717, 1.165) is 37.8 Å². The summed E-state index contributed by atoms with van der Waals surface area (Å²) in [5.74, 6) is 2.42. The number of nitrogens with zero attached hydrogens (tertiary/aromatic N) is 5. The Labute approximate surface area is 134 Å². The van der Waals surface area contributed by atoms with Gasteiger partial charge in [0, 0.05) is 31.4 Å². The lowest BCUT2D eigenvalue weighted by atomic mass is 9.97. The van der Waals surface area contributed by atoms with Gasteiger partial charge in [0.1, 0.15) is 5.82 Å². The largest absolute Gasteiger partial charge is 0.420 e. The lowest BCUT2D eigenvalue weighted by Crippen LogP contribution is -2.40. The molecule has 1 aliphatic heterocycles. The summed E-state index contributed by atoms with van der Waals surface area (Å²) in [6, 6.07) is 0. The van der Waals surface area contributed by atoms with Crippen LogP contribution in [0.4, 0.5) is 0 Å². The van der Waals surface area contributed by atoms with E-state index in [9.17, 15) is 4.79 Å². The van der Waals surface area contributed by atoms with Gasteiger partial charge in [-0.25, -0.2) is 9.97 Å². The Morgan fingerprint density at radius 3 is 2.74 bits per heavy atom. The van der Waals surface area contributed by atoms with E-state index in [2.05, 4.69) is 20.2 Å². The van der Waals surface area contributed by atoms with Crippen molar-refractivity contribution in [2.45, 2.75) is 38.5 Å². The average Bonchev–Trinajstić information content (AvgIpc) is 3.32. The number of hydrogen-bond donors (Lipinski definition) is 0. The summed E-state index contributed by atoms with van der Waals surface area (Å²) < 4.78 is 5.81. The van der Waals surface area contributed by atoms with Crippen LogP contribution in [0.3, 0.4) is 0 Å². The highest BCUT2D eigenvalue weighted by molar-refractivity contribution is 5.81. The Morgan fingerprint density at radius 1 is 1.22 bits per heavy atom. The van der Waals surface area contributed by atoms with E-state index in [4.69, 9.17) is 4.42 Å². The molecule has 2 aromatic rings. The highest BCUT2D eigenvalue weighted by atomic mass is 16.4. The quantitative estimate of drug-likeness (QED) is 0.861. The molecule has 0 bridgehead atoms. The molecule has 120 valence electrons. The zero-order valence-electron chi connectivity index (χ0n) is 13.1. The second kappa shape index (κ2) is 5.72. The maximum atomic E-state index is 12.2. The van der Waals surface area contributed by atoms with Crippen molar-refractivity contribution in [3.05, 3.63) is 24.1 Å². The molecule has 0 spiro atoms. The van der Waals surface area contributed by atoms with Gasteiger partial charge in [0.05, 0.1) is 11.5 Å². The second-order valence-electron chi connectivity index (χ2n) is 6.36. The number of aromatic nitrogens is 4. The van der Waals surface area contributed by atoms with Crippen LogP contribution < -0.4 is 0 Å². The molecule has 1 saturated heterocycles. The maximum absolute atomic E-state index is 12.2. The summed E-state index contributed by atoms with van der Waals surface area (Å²) in [5, 5.41) is 8.29. The summed E-state index contributed by atoms with van der Waals surface area (Å²) >= 11 is 0. The van der Waals surface area contributed by atoms with Gasteiger partial charge in [-0.05, 0) is 32.6 Å². The van der Waals surface area contributed by atoms with E-state index >= 15 is 0 Å². The highest BCUT2D eigenvalue weighted by Crippen LogP contribution is 2.34. The van der Waals surface area contributed by atoms with E-state index in [-0.39, 0.29) is 11.8 Å². The normalized spacial score (nSPS) is 21.4. The van der Waals surface area contributed by atoms with Crippen LogP contribution in [0.15, 0.2) is 16.8 Å². The molecule has 2 aromatic heterocycles. The van der Waals surface area contributed by atoms with Gasteiger partial charge in [-0.3, -0.25) is 4.79 Å². The fourth-order valence-electron chi connectivity index (χ4n) is 2.99. The first-order valence-corrected chi connectivity index (χ1v) is 8.12. The average molecular weight is 313 g/mol. The summed E-state index contributed by atoms with van der Waals surface area (Å²) in [6.07, 6.45) is 7.40. The van der Waals surface area contributed by atoms with Crippen LogP contribution in [0.2, 0.25) is 0 Å². The maximum Gasteiger partial charge on any atom is 0.250 e. The van der Waals surface area contributed by atoms with Crippen molar-refractivity contribution < 1.29 is 9.21 Å². The summed E-state index contributed by atoms with van der Waals surface area (Å²) in [7, 11) is 0. The number of likely N-dealkylation sites (tertiary alicyclic amines) is 1. The number of piperidine rings is 1. The van der Waals surface area contributed by atoms with Gasteiger partial charge in [0.15, 0.2) is 0 Å². The summed E-state index contributed by atoms with van der Waals surface area (Å²) in [5.41, 5.74) is 0.719. The Balaban J connectivity index is 1.49. The molecular weight excluding hydrogens is 294 g/mol. The van der Waals surface area contributed by atoms with Gasteiger partial charge >= 0.3 is 0 Å². The molecule has 1 atom stereocenters. The molecule has 2 fully saturated rings. The van der Waals surface area contributed by atoms with Crippen molar-refractivity contribution in [3.8, 4) is 11.5 Å². The van der Waals surface area contributed by atoms with Crippen LogP contribution in [-0.4, -0.2) is 44.1 Å². The standard InChI is InChI=1S/C16H19N5O2/c1-10-17-7-13(8-18-10)15-20-19-14(23-15)12-3-2-6-21(9-12)16(22)11-4-5-11/h7-8,11-12H,2-6,9H2,1H3/t12-/m0/s1. The Morgan fingerprint density at radius 2 is 2.00 bits per heavy atom. The first-order chi connectivity index (χ1) is 11.2. The number of aryl methyl sites for hydroxylation is 1.